The van der Waals surface area contributed by atoms with Gasteiger partial charge in [-0.2, -0.15) is 0 Å². The highest BCUT2D eigenvalue weighted by Crippen LogP contribution is 2.26. The Bertz CT molecular complexity index is 1110. The number of hydrogen-bond donors (Lipinski definition) is 0. The van der Waals surface area contributed by atoms with E-state index in [0.29, 0.717) is 14.3 Å². The lowest BCUT2D eigenvalue weighted by molar-refractivity contribution is 0.0420. The van der Waals surface area contributed by atoms with Crippen LogP contribution in [-0.2, 0) is 20.5 Å². The summed E-state index contributed by atoms with van der Waals surface area (Å²) >= 11 is 3.28. The summed E-state index contributed by atoms with van der Waals surface area (Å²) in [6, 6.07) is 8.17. The van der Waals surface area contributed by atoms with E-state index in [1.807, 2.05) is 0 Å². The molecule has 0 N–H and O–H groups in total. The Hall–Kier alpha value is -2.46. The molecule has 1 amide bonds. The van der Waals surface area contributed by atoms with E-state index in [-0.39, 0.29) is 16.9 Å². The third-order valence-corrected chi connectivity index (χ3v) is 6.45. The third kappa shape index (κ3) is 6.27. The lowest BCUT2D eigenvalue weighted by Crippen LogP contribution is -2.38. The molecule has 0 aromatic heterocycles. The largest absolute Gasteiger partial charge is 0.494 e. The molecule has 10 heteroatoms. The molecule has 0 radical (unpaired) electrons. The second-order valence-corrected chi connectivity index (χ2v) is 10.6. The van der Waals surface area contributed by atoms with Gasteiger partial charge in [0.25, 0.3) is 0 Å². The molecular formula is C21H23BrFNO6S. The maximum absolute atomic E-state index is 13.6. The molecule has 2 aromatic carbocycles. The van der Waals surface area contributed by atoms with Crippen molar-refractivity contribution >= 4 is 37.8 Å². The van der Waals surface area contributed by atoms with E-state index in [2.05, 4.69) is 15.9 Å². The van der Waals surface area contributed by atoms with Crippen LogP contribution in [0.15, 0.2) is 40.9 Å². The van der Waals surface area contributed by atoms with Gasteiger partial charge in [0, 0.05) is 22.6 Å². The molecule has 0 spiro atoms. The van der Waals surface area contributed by atoms with Crippen LogP contribution in [0, 0.1) is 5.82 Å². The van der Waals surface area contributed by atoms with Crippen LogP contribution in [0.4, 0.5) is 9.18 Å². The first-order valence-electron chi connectivity index (χ1n) is 9.11. The fraction of sp³-hybridized carbons (Fsp3) is 0.333. The first-order chi connectivity index (χ1) is 14.2. The monoisotopic (exact) mass is 515 g/mol. The maximum atomic E-state index is 13.6. The SMILES string of the molecule is COc1cc(C(=O)c2ccc(CS(=O)(=O)N(C)C(=O)OC(C)(C)C)cc2Br)ccc1F. The summed E-state index contributed by atoms with van der Waals surface area (Å²) in [6.45, 7) is 4.90. The van der Waals surface area contributed by atoms with Crippen LogP contribution in [0.2, 0.25) is 0 Å². The molecule has 2 aromatic rings. The number of nitrogens with zero attached hydrogens (tertiary/aromatic N) is 1. The number of methoxy groups -OCH3 is 1. The van der Waals surface area contributed by atoms with Gasteiger partial charge >= 0.3 is 6.09 Å². The smallest absolute Gasteiger partial charge is 0.423 e. The van der Waals surface area contributed by atoms with Crippen molar-refractivity contribution in [3.8, 4) is 5.75 Å². The predicted molar refractivity (Wildman–Crippen MR) is 117 cm³/mol. The molecule has 0 heterocycles. The number of ketones is 1. The molecule has 0 aliphatic heterocycles. The number of carbonyl (C=O) groups excluding carboxylic acids is 2. The van der Waals surface area contributed by atoms with Crippen molar-refractivity contribution in [2.24, 2.45) is 0 Å². The summed E-state index contributed by atoms with van der Waals surface area (Å²) < 4.78 is 49.6. The van der Waals surface area contributed by atoms with E-state index in [9.17, 15) is 22.4 Å². The Morgan fingerprint density at radius 1 is 1.13 bits per heavy atom. The van der Waals surface area contributed by atoms with Gasteiger partial charge in [-0.3, -0.25) is 4.79 Å². The second kappa shape index (κ2) is 9.35. The van der Waals surface area contributed by atoms with E-state index in [4.69, 9.17) is 9.47 Å². The summed E-state index contributed by atoms with van der Waals surface area (Å²) in [5.41, 5.74) is -0.00983. The molecule has 168 valence electrons. The van der Waals surface area contributed by atoms with Gasteiger partial charge in [-0.15, -0.1) is 0 Å². The standard InChI is InChI=1S/C21H23BrFNO6S/c1-21(2,3)30-20(26)24(4)31(27,28)12-13-6-8-15(16(22)10-13)19(25)14-7-9-17(23)18(11-14)29-5/h6-11H,12H2,1-5H3. The molecular weight excluding hydrogens is 493 g/mol. The minimum absolute atomic E-state index is 0.0603. The molecule has 0 atom stereocenters. The van der Waals surface area contributed by atoms with Crippen LogP contribution < -0.4 is 4.74 Å². The van der Waals surface area contributed by atoms with Gasteiger partial charge in [-0.05, 0) is 56.7 Å². The average molecular weight is 516 g/mol. The molecule has 0 saturated heterocycles. The number of halogens is 2. The van der Waals surface area contributed by atoms with E-state index < -0.39 is 39.1 Å². The highest BCUT2D eigenvalue weighted by Gasteiger charge is 2.28. The van der Waals surface area contributed by atoms with Crippen LogP contribution in [0.5, 0.6) is 5.75 Å². The average Bonchev–Trinajstić information content (AvgIpc) is 2.65. The number of hydrogen-bond acceptors (Lipinski definition) is 6. The molecule has 0 saturated carbocycles. The Labute approximate surface area is 189 Å². The van der Waals surface area contributed by atoms with Gasteiger partial charge in [0.15, 0.2) is 17.3 Å². The van der Waals surface area contributed by atoms with E-state index in [1.54, 1.807) is 20.8 Å². The fourth-order valence-electron chi connectivity index (χ4n) is 2.54. The van der Waals surface area contributed by atoms with Gasteiger partial charge in [-0.25, -0.2) is 21.9 Å². The van der Waals surface area contributed by atoms with Crippen LogP contribution in [-0.4, -0.2) is 44.4 Å². The van der Waals surface area contributed by atoms with Crippen molar-refractivity contribution in [3.05, 3.63) is 63.4 Å². The van der Waals surface area contributed by atoms with Gasteiger partial charge in [0.05, 0.1) is 12.9 Å². The zero-order valence-corrected chi connectivity index (χ0v) is 20.1. The Balaban J connectivity index is 2.24. The maximum Gasteiger partial charge on any atom is 0.423 e. The molecule has 31 heavy (non-hydrogen) atoms. The molecule has 0 aliphatic carbocycles. The van der Waals surface area contributed by atoms with Crippen LogP contribution in [0.25, 0.3) is 0 Å². The van der Waals surface area contributed by atoms with Crippen molar-refractivity contribution in [2.45, 2.75) is 32.1 Å². The van der Waals surface area contributed by atoms with Gasteiger partial charge < -0.3 is 9.47 Å². The van der Waals surface area contributed by atoms with Crippen LogP contribution in [0.1, 0.15) is 42.3 Å². The number of ether oxygens (including phenoxy) is 2. The Morgan fingerprint density at radius 2 is 1.77 bits per heavy atom. The highest BCUT2D eigenvalue weighted by molar-refractivity contribution is 9.10. The van der Waals surface area contributed by atoms with Crippen molar-refractivity contribution in [1.82, 2.24) is 4.31 Å². The summed E-state index contributed by atoms with van der Waals surface area (Å²) in [5.74, 6) is -1.52. The van der Waals surface area contributed by atoms with Gasteiger partial charge in [0.1, 0.15) is 5.60 Å². The van der Waals surface area contributed by atoms with E-state index in [1.165, 1.54) is 37.4 Å². The van der Waals surface area contributed by atoms with E-state index >= 15 is 0 Å². The van der Waals surface area contributed by atoms with Crippen molar-refractivity contribution in [2.75, 3.05) is 14.2 Å². The number of benzene rings is 2. The molecule has 0 aliphatic rings. The first-order valence-corrected chi connectivity index (χ1v) is 11.5. The Morgan fingerprint density at radius 3 is 2.32 bits per heavy atom. The second-order valence-electron chi connectivity index (χ2n) is 7.70. The van der Waals surface area contributed by atoms with Gasteiger partial charge in [0.2, 0.25) is 10.0 Å². The summed E-state index contributed by atoms with van der Waals surface area (Å²) in [7, 11) is -1.58. The molecule has 0 fully saturated rings. The zero-order chi connectivity index (χ0) is 23.6. The minimum atomic E-state index is -4.01. The number of rotatable bonds is 6. The highest BCUT2D eigenvalue weighted by atomic mass is 79.9. The molecule has 7 nitrogen and oxygen atoms in total. The van der Waals surface area contributed by atoms with Gasteiger partial charge in [-0.1, -0.05) is 22.0 Å². The molecule has 2 rings (SSSR count). The summed E-state index contributed by atoms with van der Waals surface area (Å²) in [6.07, 6.45) is -0.983. The normalized spacial score (nSPS) is 11.7. The third-order valence-electron chi connectivity index (χ3n) is 4.11. The van der Waals surface area contributed by atoms with E-state index in [0.717, 1.165) is 13.1 Å². The number of amides is 1. The van der Waals surface area contributed by atoms with Crippen molar-refractivity contribution < 1.29 is 31.9 Å². The minimum Gasteiger partial charge on any atom is -0.494 e. The Kier molecular flexibility index (Phi) is 7.48. The van der Waals surface area contributed by atoms with Crippen molar-refractivity contribution in [1.29, 1.82) is 0 Å². The predicted octanol–water partition coefficient (Wildman–Crippen LogP) is 4.52. The summed E-state index contributed by atoms with van der Waals surface area (Å²) in [5, 5.41) is 0. The first kappa shape index (κ1) is 24.8. The number of sulfonamides is 1. The van der Waals surface area contributed by atoms with Crippen LogP contribution in [0.3, 0.4) is 0 Å². The fourth-order valence-corrected chi connectivity index (χ4v) is 4.20. The lowest BCUT2D eigenvalue weighted by Gasteiger charge is -2.24. The molecule has 0 bridgehead atoms. The summed E-state index contributed by atoms with van der Waals surface area (Å²) in [4.78, 5) is 24.9. The van der Waals surface area contributed by atoms with Crippen LogP contribution >= 0.6 is 15.9 Å². The lowest BCUT2D eigenvalue weighted by atomic mass is 10.0. The van der Waals surface area contributed by atoms with Crippen molar-refractivity contribution in [3.63, 3.8) is 0 Å². The number of carbonyl (C=O) groups is 2. The quantitative estimate of drug-likeness (QED) is 0.525. The zero-order valence-electron chi connectivity index (χ0n) is 17.7. The topological polar surface area (TPSA) is 90.0 Å². The molecule has 0 unspecified atom stereocenters.